The highest BCUT2D eigenvalue weighted by atomic mass is 35.5. The van der Waals surface area contributed by atoms with E-state index < -0.39 is 6.03 Å². The van der Waals surface area contributed by atoms with Gasteiger partial charge in [-0.2, -0.15) is 11.8 Å². The zero-order chi connectivity index (χ0) is 14.5. The molecule has 1 unspecified atom stereocenters. The van der Waals surface area contributed by atoms with E-state index in [9.17, 15) is 9.59 Å². The maximum Gasteiger partial charge on any atom is 0.312 e. The van der Waals surface area contributed by atoms with Gasteiger partial charge in [-0.15, -0.1) is 0 Å². The Labute approximate surface area is 126 Å². The van der Waals surface area contributed by atoms with Crippen molar-refractivity contribution in [1.29, 1.82) is 0 Å². The maximum atomic E-state index is 12.2. The minimum Gasteiger partial charge on any atom is -0.352 e. The zero-order valence-corrected chi connectivity index (χ0v) is 12.4. The van der Waals surface area contributed by atoms with E-state index in [0.29, 0.717) is 11.6 Å². The van der Waals surface area contributed by atoms with Gasteiger partial charge in [-0.3, -0.25) is 4.79 Å². The van der Waals surface area contributed by atoms with E-state index in [1.165, 1.54) is 0 Å². The fourth-order valence-electron chi connectivity index (χ4n) is 2.13. The molecule has 0 spiro atoms. The molecule has 3 N–H and O–H groups in total. The lowest BCUT2D eigenvalue weighted by Crippen LogP contribution is -2.46. The van der Waals surface area contributed by atoms with E-state index in [1.807, 2.05) is 36.0 Å². The van der Waals surface area contributed by atoms with Crippen LogP contribution in [0.15, 0.2) is 24.3 Å². The van der Waals surface area contributed by atoms with Crippen LogP contribution in [0.4, 0.5) is 4.79 Å². The first kappa shape index (κ1) is 15.0. The molecular formula is C13H16ClN3O2S. The number of amides is 3. The Balaban J connectivity index is 2.10. The van der Waals surface area contributed by atoms with Gasteiger partial charge in [0.15, 0.2) is 0 Å². The maximum absolute atomic E-state index is 12.2. The number of nitrogens with two attached hydrogens (primary N) is 1. The fraction of sp³-hybridized carbons (Fsp3) is 0.385. The average Bonchev–Trinajstić information content (AvgIpc) is 2.45. The molecule has 1 aromatic carbocycles. The lowest BCUT2D eigenvalue weighted by atomic mass is 10.1. The molecule has 7 heteroatoms. The van der Waals surface area contributed by atoms with Crippen molar-refractivity contribution in [2.24, 2.45) is 5.73 Å². The van der Waals surface area contributed by atoms with Gasteiger partial charge in [0.1, 0.15) is 0 Å². The Morgan fingerprint density at radius 3 is 2.75 bits per heavy atom. The van der Waals surface area contributed by atoms with Crippen molar-refractivity contribution >= 4 is 35.3 Å². The van der Waals surface area contributed by atoms with E-state index in [0.717, 1.165) is 17.1 Å². The summed E-state index contributed by atoms with van der Waals surface area (Å²) in [6.45, 7) is 0.599. The molecule has 2 rings (SSSR count). The zero-order valence-electron chi connectivity index (χ0n) is 10.8. The summed E-state index contributed by atoms with van der Waals surface area (Å²) >= 11 is 7.70. The van der Waals surface area contributed by atoms with Gasteiger partial charge in [0.05, 0.1) is 12.6 Å². The molecular weight excluding hydrogens is 298 g/mol. The first-order valence-corrected chi connectivity index (χ1v) is 7.77. The second-order valence-corrected chi connectivity index (χ2v) is 6.03. The second-order valence-electron chi connectivity index (χ2n) is 4.45. The Morgan fingerprint density at radius 1 is 1.40 bits per heavy atom. The van der Waals surface area contributed by atoms with Crippen molar-refractivity contribution in [2.75, 3.05) is 24.6 Å². The van der Waals surface area contributed by atoms with Gasteiger partial charge in [-0.1, -0.05) is 23.7 Å². The highest BCUT2D eigenvalue weighted by Gasteiger charge is 2.28. The first-order valence-electron chi connectivity index (χ1n) is 6.24. The second kappa shape index (κ2) is 6.85. The molecule has 5 nitrogen and oxygen atoms in total. The van der Waals surface area contributed by atoms with Crippen molar-refractivity contribution in [3.63, 3.8) is 0 Å². The van der Waals surface area contributed by atoms with Crippen LogP contribution in [0.25, 0.3) is 0 Å². The number of urea groups is 1. The summed E-state index contributed by atoms with van der Waals surface area (Å²) < 4.78 is 0. The average molecular weight is 314 g/mol. The van der Waals surface area contributed by atoms with E-state index >= 15 is 0 Å². The molecule has 1 heterocycles. The number of nitrogens with zero attached hydrogens (tertiary/aromatic N) is 1. The van der Waals surface area contributed by atoms with Crippen LogP contribution >= 0.6 is 23.4 Å². The Morgan fingerprint density at radius 2 is 2.10 bits per heavy atom. The highest BCUT2D eigenvalue weighted by Crippen LogP contribution is 2.30. The third-order valence-electron chi connectivity index (χ3n) is 3.12. The number of primary amides is 1. The number of hydrogen-bond acceptors (Lipinski definition) is 3. The summed E-state index contributed by atoms with van der Waals surface area (Å²) in [7, 11) is 0. The van der Waals surface area contributed by atoms with Crippen LogP contribution in [0.3, 0.4) is 0 Å². The van der Waals surface area contributed by atoms with Gasteiger partial charge in [0, 0.05) is 23.1 Å². The Hall–Kier alpha value is -1.40. The molecule has 1 atom stereocenters. The molecule has 1 aliphatic heterocycles. The van der Waals surface area contributed by atoms with Gasteiger partial charge >= 0.3 is 6.03 Å². The number of benzene rings is 1. The monoisotopic (exact) mass is 313 g/mol. The van der Waals surface area contributed by atoms with Gasteiger partial charge in [-0.05, 0) is 17.7 Å². The number of halogens is 1. The van der Waals surface area contributed by atoms with Crippen molar-refractivity contribution in [1.82, 2.24) is 10.2 Å². The number of rotatable bonds is 3. The summed E-state index contributed by atoms with van der Waals surface area (Å²) in [5.74, 6) is 1.61. The van der Waals surface area contributed by atoms with Crippen LogP contribution in [-0.4, -0.2) is 41.4 Å². The predicted octanol–water partition coefficient (Wildman–Crippen LogP) is 1.62. The summed E-state index contributed by atoms with van der Waals surface area (Å²) in [4.78, 5) is 24.7. The minimum atomic E-state index is -0.687. The minimum absolute atomic E-state index is 0.00759. The van der Waals surface area contributed by atoms with Crippen molar-refractivity contribution in [3.8, 4) is 0 Å². The van der Waals surface area contributed by atoms with E-state index in [2.05, 4.69) is 5.32 Å². The molecule has 108 valence electrons. The number of carbonyl (C=O) groups is 2. The van der Waals surface area contributed by atoms with Crippen LogP contribution < -0.4 is 11.1 Å². The van der Waals surface area contributed by atoms with Crippen molar-refractivity contribution < 1.29 is 9.59 Å². The molecule has 0 bridgehead atoms. The van der Waals surface area contributed by atoms with Crippen LogP contribution in [0.1, 0.15) is 11.6 Å². The van der Waals surface area contributed by atoms with Gasteiger partial charge in [-0.25, -0.2) is 4.79 Å². The lowest BCUT2D eigenvalue weighted by molar-refractivity contribution is -0.132. The Kier molecular flexibility index (Phi) is 5.14. The van der Waals surface area contributed by atoms with Crippen LogP contribution in [-0.2, 0) is 4.79 Å². The molecule has 20 heavy (non-hydrogen) atoms. The summed E-state index contributed by atoms with van der Waals surface area (Å²) in [6, 6.07) is 6.82. The number of hydrogen-bond donors (Lipinski definition) is 2. The number of thioether (sulfide) groups is 1. The van der Waals surface area contributed by atoms with Crippen LogP contribution in [0, 0.1) is 0 Å². The van der Waals surface area contributed by atoms with Gasteiger partial charge in [0.2, 0.25) is 5.91 Å². The number of nitrogens with one attached hydrogen (secondary N) is 1. The molecule has 0 radical (unpaired) electrons. The molecule has 1 saturated heterocycles. The molecule has 1 fully saturated rings. The third-order valence-corrected chi connectivity index (χ3v) is 4.39. The van der Waals surface area contributed by atoms with Crippen molar-refractivity contribution in [2.45, 2.75) is 6.04 Å². The van der Waals surface area contributed by atoms with E-state index in [4.69, 9.17) is 17.3 Å². The van der Waals surface area contributed by atoms with Gasteiger partial charge in [0.25, 0.3) is 0 Å². The lowest BCUT2D eigenvalue weighted by Gasteiger charge is -2.35. The van der Waals surface area contributed by atoms with E-state index in [1.54, 1.807) is 4.90 Å². The first-order chi connectivity index (χ1) is 9.58. The largest absolute Gasteiger partial charge is 0.352 e. The summed E-state index contributed by atoms with van der Waals surface area (Å²) in [5, 5.41) is 3.02. The molecule has 3 amide bonds. The van der Waals surface area contributed by atoms with Gasteiger partial charge < -0.3 is 16.0 Å². The highest BCUT2D eigenvalue weighted by molar-refractivity contribution is 7.99. The molecule has 1 aromatic rings. The number of carbonyl (C=O) groups excluding carboxylic acids is 2. The SMILES string of the molecule is NC(=O)NCC(=O)N1CCSCC1c1ccc(Cl)cc1. The quantitative estimate of drug-likeness (QED) is 0.890. The van der Waals surface area contributed by atoms with Crippen molar-refractivity contribution in [3.05, 3.63) is 34.9 Å². The third kappa shape index (κ3) is 3.80. The molecule has 0 saturated carbocycles. The predicted molar refractivity (Wildman–Crippen MR) is 80.8 cm³/mol. The topological polar surface area (TPSA) is 75.4 Å². The van der Waals surface area contributed by atoms with Crippen LogP contribution in [0.5, 0.6) is 0 Å². The fourth-order valence-corrected chi connectivity index (χ4v) is 3.34. The Bertz CT molecular complexity index is 495. The normalized spacial score (nSPS) is 18.6. The van der Waals surface area contributed by atoms with E-state index in [-0.39, 0.29) is 18.5 Å². The smallest absolute Gasteiger partial charge is 0.312 e. The van der Waals surface area contributed by atoms with Crippen LogP contribution in [0.2, 0.25) is 5.02 Å². The summed E-state index contributed by atoms with van der Waals surface area (Å²) in [6.07, 6.45) is 0. The summed E-state index contributed by atoms with van der Waals surface area (Å²) in [5.41, 5.74) is 6.04. The molecule has 0 aromatic heterocycles. The molecule has 1 aliphatic rings. The standard InChI is InChI=1S/C13H16ClN3O2S/c14-10-3-1-9(2-4-10)11-8-20-6-5-17(11)12(18)7-16-13(15)19/h1-4,11H,5-8H2,(H3,15,16,19). The molecule has 0 aliphatic carbocycles.